The van der Waals surface area contributed by atoms with E-state index in [0.717, 1.165) is 37.5 Å². The lowest BCUT2D eigenvalue weighted by atomic mass is 9.68. The predicted molar refractivity (Wildman–Crippen MR) is 85.1 cm³/mol. The second kappa shape index (κ2) is 6.66. The van der Waals surface area contributed by atoms with Gasteiger partial charge in [0.1, 0.15) is 0 Å². The highest BCUT2D eigenvalue weighted by Gasteiger charge is 2.41. The first-order chi connectivity index (χ1) is 10.3. The highest BCUT2D eigenvalue weighted by atomic mass is 32.1. The van der Waals surface area contributed by atoms with Crippen molar-refractivity contribution in [2.75, 3.05) is 13.2 Å². The van der Waals surface area contributed by atoms with E-state index in [1.807, 2.05) is 11.6 Å². The smallest absolute Gasteiger partial charge is 0.0941 e. The number of thiazole rings is 1. The fourth-order valence-corrected chi connectivity index (χ4v) is 3.95. The maximum absolute atomic E-state index is 5.93. The molecule has 1 aliphatic heterocycles. The topological polar surface area (TPSA) is 60.2 Å². The van der Waals surface area contributed by atoms with Gasteiger partial charge in [0.2, 0.25) is 0 Å². The molecule has 112 valence electrons. The molecule has 1 unspecified atom stereocenters. The van der Waals surface area contributed by atoms with E-state index in [-0.39, 0.29) is 11.5 Å². The first-order valence-electron chi connectivity index (χ1n) is 7.33. The van der Waals surface area contributed by atoms with E-state index in [9.17, 15) is 0 Å². The van der Waals surface area contributed by atoms with Crippen LogP contribution in [0, 0.1) is 0 Å². The van der Waals surface area contributed by atoms with Crippen LogP contribution in [0.5, 0.6) is 0 Å². The van der Waals surface area contributed by atoms with Gasteiger partial charge in [-0.15, -0.1) is 11.3 Å². The molecule has 0 bridgehead atoms. The van der Waals surface area contributed by atoms with Crippen LogP contribution in [0.2, 0.25) is 0 Å². The number of aromatic nitrogens is 1. The molecule has 1 fully saturated rings. The van der Waals surface area contributed by atoms with Gasteiger partial charge in [-0.25, -0.2) is 4.98 Å². The van der Waals surface area contributed by atoms with Gasteiger partial charge in [0.15, 0.2) is 0 Å². The van der Waals surface area contributed by atoms with E-state index in [4.69, 9.17) is 10.6 Å². The molecule has 2 heterocycles. The molecule has 1 saturated heterocycles. The number of hydrogen-bond donors (Lipinski definition) is 2. The molecular formula is C16H21N3OS. The number of hydrogen-bond acceptors (Lipinski definition) is 5. The average molecular weight is 303 g/mol. The van der Waals surface area contributed by atoms with E-state index in [0.29, 0.717) is 0 Å². The Hall–Kier alpha value is -1.27. The van der Waals surface area contributed by atoms with Crippen LogP contribution in [0.25, 0.3) is 0 Å². The zero-order valence-corrected chi connectivity index (χ0v) is 12.8. The van der Waals surface area contributed by atoms with Crippen molar-refractivity contribution < 1.29 is 4.74 Å². The Morgan fingerprint density at radius 2 is 2.05 bits per heavy atom. The van der Waals surface area contributed by atoms with Gasteiger partial charge < -0.3 is 4.74 Å². The predicted octanol–water partition coefficient (Wildman–Crippen LogP) is 2.27. The molecule has 5 heteroatoms. The van der Waals surface area contributed by atoms with Crippen molar-refractivity contribution in [2.24, 2.45) is 5.84 Å². The molecule has 21 heavy (non-hydrogen) atoms. The lowest BCUT2D eigenvalue weighted by Crippen LogP contribution is -2.54. The normalized spacial score (nSPS) is 19.3. The molecule has 1 atom stereocenters. The lowest BCUT2D eigenvalue weighted by Gasteiger charge is -2.43. The molecule has 2 aromatic rings. The van der Waals surface area contributed by atoms with E-state index in [1.165, 1.54) is 5.56 Å². The standard InChI is InChI=1S/C16H21N3OS/c17-19-14(12-15-18-8-11-21-15)16(6-9-20-10-7-16)13-4-2-1-3-5-13/h1-5,8,11,14,19H,6-7,9-10,12,17H2. The summed E-state index contributed by atoms with van der Waals surface area (Å²) in [4.78, 5) is 4.42. The van der Waals surface area contributed by atoms with Crippen LogP contribution >= 0.6 is 11.3 Å². The van der Waals surface area contributed by atoms with Crippen LogP contribution in [-0.2, 0) is 16.6 Å². The average Bonchev–Trinajstić information content (AvgIpc) is 3.07. The van der Waals surface area contributed by atoms with Gasteiger partial charge in [0.05, 0.1) is 5.01 Å². The number of benzene rings is 1. The van der Waals surface area contributed by atoms with E-state index in [1.54, 1.807) is 11.3 Å². The summed E-state index contributed by atoms with van der Waals surface area (Å²) in [5.74, 6) is 5.93. The molecule has 0 spiro atoms. The van der Waals surface area contributed by atoms with Gasteiger partial charge in [-0.05, 0) is 18.4 Å². The number of nitrogens with one attached hydrogen (secondary N) is 1. The summed E-state index contributed by atoms with van der Waals surface area (Å²) < 4.78 is 5.59. The van der Waals surface area contributed by atoms with E-state index < -0.39 is 0 Å². The molecule has 4 nitrogen and oxygen atoms in total. The van der Waals surface area contributed by atoms with Gasteiger partial charge >= 0.3 is 0 Å². The minimum Gasteiger partial charge on any atom is -0.381 e. The molecule has 1 aliphatic rings. The summed E-state index contributed by atoms with van der Waals surface area (Å²) in [6.45, 7) is 1.57. The number of nitrogens with zero attached hydrogens (tertiary/aromatic N) is 1. The van der Waals surface area contributed by atoms with Crippen LogP contribution in [0.3, 0.4) is 0 Å². The van der Waals surface area contributed by atoms with Gasteiger partial charge in [-0.2, -0.15) is 0 Å². The number of nitrogens with two attached hydrogens (primary N) is 1. The van der Waals surface area contributed by atoms with Gasteiger partial charge in [-0.1, -0.05) is 30.3 Å². The van der Waals surface area contributed by atoms with Crippen molar-refractivity contribution in [1.82, 2.24) is 10.4 Å². The highest BCUT2D eigenvalue weighted by Crippen LogP contribution is 2.39. The zero-order chi connectivity index (χ0) is 14.5. The Morgan fingerprint density at radius 1 is 1.29 bits per heavy atom. The molecule has 3 N–H and O–H groups in total. The van der Waals surface area contributed by atoms with Gasteiger partial charge in [0, 0.05) is 42.7 Å². The lowest BCUT2D eigenvalue weighted by molar-refractivity contribution is 0.0343. The van der Waals surface area contributed by atoms with Crippen molar-refractivity contribution in [2.45, 2.75) is 30.7 Å². The maximum atomic E-state index is 5.93. The van der Waals surface area contributed by atoms with Crippen LogP contribution < -0.4 is 11.3 Å². The quantitative estimate of drug-likeness (QED) is 0.657. The molecule has 3 rings (SSSR count). The van der Waals surface area contributed by atoms with Gasteiger partial charge in [-0.3, -0.25) is 11.3 Å². The Bertz CT molecular complexity index is 538. The largest absolute Gasteiger partial charge is 0.381 e. The molecule has 1 aromatic heterocycles. The fraction of sp³-hybridized carbons (Fsp3) is 0.438. The Balaban J connectivity index is 1.93. The van der Waals surface area contributed by atoms with Crippen LogP contribution in [0.15, 0.2) is 41.9 Å². The van der Waals surface area contributed by atoms with Crippen LogP contribution in [-0.4, -0.2) is 24.2 Å². The van der Waals surface area contributed by atoms with Crippen molar-refractivity contribution in [1.29, 1.82) is 0 Å². The minimum atomic E-state index is 0.0138. The third kappa shape index (κ3) is 3.01. The zero-order valence-electron chi connectivity index (χ0n) is 12.0. The summed E-state index contributed by atoms with van der Waals surface area (Å²) >= 11 is 1.69. The van der Waals surface area contributed by atoms with Crippen molar-refractivity contribution >= 4 is 11.3 Å². The summed E-state index contributed by atoms with van der Waals surface area (Å²) in [5, 5.41) is 3.14. The number of ether oxygens (including phenoxy) is 1. The maximum Gasteiger partial charge on any atom is 0.0941 e. The third-order valence-corrected chi connectivity index (χ3v) is 5.27. The summed E-state index contributed by atoms with van der Waals surface area (Å²) in [6, 6.07) is 10.8. The second-order valence-corrected chi connectivity index (χ2v) is 6.46. The van der Waals surface area contributed by atoms with Crippen LogP contribution in [0.1, 0.15) is 23.4 Å². The molecule has 1 aromatic carbocycles. The Kier molecular flexibility index (Phi) is 4.65. The number of rotatable bonds is 5. The van der Waals surface area contributed by atoms with E-state index in [2.05, 4.69) is 40.7 Å². The van der Waals surface area contributed by atoms with Crippen molar-refractivity contribution in [3.05, 3.63) is 52.5 Å². The van der Waals surface area contributed by atoms with Crippen molar-refractivity contribution in [3.8, 4) is 0 Å². The fourth-order valence-electron chi connectivity index (χ4n) is 3.29. The van der Waals surface area contributed by atoms with E-state index >= 15 is 0 Å². The Morgan fingerprint density at radius 3 is 2.67 bits per heavy atom. The molecule has 0 radical (unpaired) electrons. The molecule has 0 aliphatic carbocycles. The third-order valence-electron chi connectivity index (χ3n) is 4.46. The van der Waals surface area contributed by atoms with Crippen LogP contribution in [0.4, 0.5) is 0 Å². The highest BCUT2D eigenvalue weighted by molar-refractivity contribution is 7.09. The first kappa shape index (κ1) is 14.7. The summed E-state index contributed by atoms with van der Waals surface area (Å²) in [7, 11) is 0. The molecule has 0 amide bonds. The first-order valence-corrected chi connectivity index (χ1v) is 8.21. The summed E-state index contributed by atoms with van der Waals surface area (Å²) in [5.41, 5.74) is 4.41. The number of hydrazine groups is 1. The SMILES string of the molecule is NNC(Cc1nccs1)C1(c2ccccc2)CCOCC1. The minimum absolute atomic E-state index is 0.0138. The molecule has 0 saturated carbocycles. The molecular weight excluding hydrogens is 282 g/mol. The van der Waals surface area contributed by atoms with Crippen molar-refractivity contribution in [3.63, 3.8) is 0 Å². The summed E-state index contributed by atoms with van der Waals surface area (Å²) in [6.07, 6.45) is 4.67. The Labute approximate surface area is 129 Å². The monoisotopic (exact) mass is 303 g/mol. The second-order valence-electron chi connectivity index (χ2n) is 5.48. The van der Waals surface area contributed by atoms with Gasteiger partial charge in [0.25, 0.3) is 0 Å².